The van der Waals surface area contributed by atoms with Gasteiger partial charge in [-0.25, -0.2) is 0 Å². The minimum Gasteiger partial charge on any atom is -0.488 e. The van der Waals surface area contributed by atoms with E-state index in [1.807, 2.05) is 56.3 Å². The Morgan fingerprint density at radius 3 is 2.82 bits per heavy atom. The topological polar surface area (TPSA) is 91.8 Å². The van der Waals surface area contributed by atoms with Crippen molar-refractivity contribution in [2.45, 2.75) is 45.3 Å². The molecule has 3 heterocycles. The Kier molecular flexibility index (Phi) is 5.50. The maximum absolute atomic E-state index is 13.4. The molecule has 0 saturated carbocycles. The van der Waals surface area contributed by atoms with Crippen molar-refractivity contribution in [1.82, 2.24) is 9.88 Å². The molecule has 2 aliphatic heterocycles. The van der Waals surface area contributed by atoms with E-state index in [-0.39, 0.29) is 18.4 Å². The third kappa shape index (κ3) is 4.28. The third-order valence-corrected chi connectivity index (χ3v) is 6.39. The van der Waals surface area contributed by atoms with Gasteiger partial charge in [-0.05, 0) is 50.1 Å². The summed E-state index contributed by atoms with van der Waals surface area (Å²) >= 11 is 0. The number of β-amino-alcohol motifs (C(OH)–C–C–N with tert-alkyl or cyclic N) is 1. The Labute approximate surface area is 192 Å². The minimum atomic E-state index is -0.816. The first kappa shape index (κ1) is 21.4. The second-order valence-corrected chi connectivity index (χ2v) is 8.96. The minimum absolute atomic E-state index is 0.000529. The summed E-state index contributed by atoms with van der Waals surface area (Å²) in [6, 6.07) is 13.4. The zero-order valence-electron chi connectivity index (χ0n) is 18.8. The molecule has 2 amide bonds. The van der Waals surface area contributed by atoms with Crippen molar-refractivity contribution in [3.05, 3.63) is 64.8 Å². The highest BCUT2D eigenvalue weighted by molar-refractivity contribution is 6.06. The lowest BCUT2D eigenvalue weighted by Crippen LogP contribution is -2.51. The van der Waals surface area contributed by atoms with Gasteiger partial charge in [0.15, 0.2) is 0 Å². The molecule has 5 rings (SSSR count). The highest BCUT2D eigenvalue weighted by Gasteiger charge is 2.33. The van der Waals surface area contributed by atoms with E-state index < -0.39 is 12.2 Å². The van der Waals surface area contributed by atoms with Gasteiger partial charge in [-0.2, -0.15) is 0 Å². The lowest BCUT2D eigenvalue weighted by molar-refractivity contribution is -0.116. The highest BCUT2D eigenvalue weighted by atomic mass is 16.5. The number of pyridine rings is 1. The van der Waals surface area contributed by atoms with Gasteiger partial charge in [-0.3, -0.25) is 14.6 Å². The summed E-state index contributed by atoms with van der Waals surface area (Å²) in [5.74, 6) is 0.497. The van der Waals surface area contributed by atoms with Crippen LogP contribution in [0.25, 0.3) is 10.9 Å². The second-order valence-electron chi connectivity index (χ2n) is 8.96. The van der Waals surface area contributed by atoms with Gasteiger partial charge in [0.1, 0.15) is 18.0 Å². The smallest absolute Gasteiger partial charge is 0.254 e. The second kappa shape index (κ2) is 8.48. The zero-order valence-corrected chi connectivity index (χ0v) is 18.8. The number of aliphatic hydroxyl groups excluding tert-OH is 1. The van der Waals surface area contributed by atoms with Crippen LogP contribution in [0.15, 0.2) is 42.5 Å². The molecule has 33 heavy (non-hydrogen) atoms. The van der Waals surface area contributed by atoms with E-state index in [9.17, 15) is 14.7 Å². The summed E-state index contributed by atoms with van der Waals surface area (Å²) in [6.45, 7) is 4.55. The number of anilines is 1. The number of hydrogen-bond acceptors (Lipinski definition) is 5. The quantitative estimate of drug-likeness (QED) is 0.645. The number of nitrogens with zero attached hydrogens (tertiary/aromatic N) is 2. The van der Waals surface area contributed by atoms with E-state index in [2.05, 4.69) is 10.3 Å². The van der Waals surface area contributed by atoms with Crippen molar-refractivity contribution < 1.29 is 19.4 Å². The number of rotatable bonds is 3. The molecule has 0 unspecified atom stereocenters. The van der Waals surface area contributed by atoms with Crippen LogP contribution in [0.5, 0.6) is 5.75 Å². The number of benzene rings is 2. The molecule has 0 bridgehead atoms. The Morgan fingerprint density at radius 2 is 2.00 bits per heavy atom. The molecule has 1 aromatic heterocycles. The summed E-state index contributed by atoms with van der Waals surface area (Å²) in [5, 5.41) is 14.5. The van der Waals surface area contributed by atoms with Crippen LogP contribution in [-0.4, -0.2) is 52.1 Å². The van der Waals surface area contributed by atoms with Crippen LogP contribution in [0.4, 0.5) is 5.69 Å². The fourth-order valence-electron chi connectivity index (χ4n) is 4.65. The standard InChI is InChI=1S/C26H27N3O4/c1-15-3-7-21-19(11-15)20(12-16(2)27-21)26(32)29-10-9-24(23(30)14-29)33-18-6-4-17-5-8-25(31)28-22(17)13-18/h3-4,6-7,11-13,23-24,30H,5,8-10,14H2,1-2H3,(H,28,31)/t23-,24-/m1/s1. The first-order chi connectivity index (χ1) is 15.9. The van der Waals surface area contributed by atoms with E-state index in [4.69, 9.17) is 4.74 Å². The molecule has 7 nitrogen and oxygen atoms in total. The monoisotopic (exact) mass is 445 g/mol. The first-order valence-electron chi connectivity index (χ1n) is 11.3. The van der Waals surface area contributed by atoms with Crippen LogP contribution in [-0.2, 0) is 11.2 Å². The predicted octanol–water partition coefficient (Wildman–Crippen LogP) is 3.39. The summed E-state index contributed by atoms with van der Waals surface area (Å²) < 4.78 is 6.06. The molecule has 2 aromatic carbocycles. The van der Waals surface area contributed by atoms with Crippen molar-refractivity contribution in [3.63, 3.8) is 0 Å². The Hall–Kier alpha value is -3.45. The average molecular weight is 446 g/mol. The van der Waals surface area contributed by atoms with Gasteiger partial charge in [-0.1, -0.05) is 17.7 Å². The van der Waals surface area contributed by atoms with Crippen molar-refractivity contribution in [1.29, 1.82) is 0 Å². The number of piperidine rings is 1. The summed E-state index contributed by atoms with van der Waals surface area (Å²) in [6.07, 6.45) is 0.475. The molecular weight excluding hydrogens is 418 g/mol. The van der Waals surface area contributed by atoms with Gasteiger partial charge in [-0.15, -0.1) is 0 Å². The highest BCUT2D eigenvalue weighted by Crippen LogP contribution is 2.29. The number of carbonyl (C=O) groups is 2. The molecule has 3 aromatic rings. The molecule has 1 fully saturated rings. The van der Waals surface area contributed by atoms with Gasteiger partial charge in [0, 0.05) is 42.2 Å². The van der Waals surface area contributed by atoms with Gasteiger partial charge in [0.05, 0.1) is 17.6 Å². The Balaban J connectivity index is 1.31. The normalized spacial score (nSPS) is 20.3. The maximum Gasteiger partial charge on any atom is 0.254 e. The van der Waals surface area contributed by atoms with E-state index in [0.29, 0.717) is 37.1 Å². The number of amides is 2. The van der Waals surface area contributed by atoms with E-state index in [1.54, 1.807) is 4.90 Å². The molecule has 2 N–H and O–H groups in total. The molecule has 7 heteroatoms. The fourth-order valence-corrected chi connectivity index (χ4v) is 4.65. The molecule has 2 aliphatic rings. The van der Waals surface area contributed by atoms with Gasteiger partial charge in [0.25, 0.3) is 5.91 Å². The van der Waals surface area contributed by atoms with Crippen molar-refractivity contribution >= 4 is 28.4 Å². The molecule has 0 radical (unpaired) electrons. The lowest BCUT2D eigenvalue weighted by Gasteiger charge is -2.36. The molecular formula is C26H27N3O4. The van der Waals surface area contributed by atoms with Gasteiger partial charge in [0.2, 0.25) is 5.91 Å². The van der Waals surface area contributed by atoms with Crippen molar-refractivity contribution in [2.24, 2.45) is 0 Å². The third-order valence-electron chi connectivity index (χ3n) is 6.39. The van der Waals surface area contributed by atoms with Crippen LogP contribution in [0.1, 0.15) is 40.0 Å². The van der Waals surface area contributed by atoms with Crippen LogP contribution in [0, 0.1) is 13.8 Å². The molecule has 170 valence electrons. The van der Waals surface area contributed by atoms with Crippen molar-refractivity contribution in [3.8, 4) is 5.75 Å². The predicted molar refractivity (Wildman–Crippen MR) is 126 cm³/mol. The number of carbonyl (C=O) groups excluding carboxylic acids is 2. The van der Waals surface area contributed by atoms with Gasteiger partial charge < -0.3 is 20.1 Å². The van der Waals surface area contributed by atoms with Gasteiger partial charge >= 0.3 is 0 Å². The number of ether oxygens (including phenoxy) is 1. The molecule has 0 aliphatic carbocycles. The molecule has 2 atom stereocenters. The van der Waals surface area contributed by atoms with Crippen LogP contribution in [0.3, 0.4) is 0 Å². The largest absolute Gasteiger partial charge is 0.488 e. The number of aliphatic hydroxyl groups is 1. The Morgan fingerprint density at radius 1 is 1.15 bits per heavy atom. The van der Waals surface area contributed by atoms with Crippen molar-refractivity contribution in [2.75, 3.05) is 18.4 Å². The van der Waals surface area contributed by atoms with Crippen LogP contribution >= 0.6 is 0 Å². The number of hydrogen-bond donors (Lipinski definition) is 2. The summed E-state index contributed by atoms with van der Waals surface area (Å²) in [5.41, 5.74) is 5.10. The number of fused-ring (bicyclic) bond motifs is 2. The molecule has 1 saturated heterocycles. The van der Waals surface area contributed by atoms with Crippen LogP contribution in [0.2, 0.25) is 0 Å². The first-order valence-corrected chi connectivity index (χ1v) is 11.3. The number of aryl methyl sites for hydroxylation is 3. The lowest BCUT2D eigenvalue weighted by atomic mass is 10.0. The molecule has 0 spiro atoms. The fraction of sp³-hybridized carbons (Fsp3) is 0.346. The zero-order chi connectivity index (χ0) is 23.1. The maximum atomic E-state index is 13.4. The van der Waals surface area contributed by atoms with E-state index >= 15 is 0 Å². The van der Waals surface area contributed by atoms with E-state index in [1.165, 1.54) is 0 Å². The van der Waals surface area contributed by atoms with Crippen LogP contribution < -0.4 is 10.1 Å². The average Bonchev–Trinajstić information content (AvgIpc) is 2.79. The summed E-state index contributed by atoms with van der Waals surface area (Å²) in [7, 11) is 0. The SMILES string of the molecule is Cc1ccc2nc(C)cc(C(=O)N3CC[C@@H](Oc4ccc5c(c4)NC(=O)CC5)[C@H](O)C3)c2c1. The number of aromatic nitrogens is 1. The number of likely N-dealkylation sites (tertiary alicyclic amines) is 1. The Bertz CT molecular complexity index is 1260. The van der Waals surface area contributed by atoms with E-state index in [0.717, 1.165) is 33.4 Å². The summed E-state index contributed by atoms with van der Waals surface area (Å²) in [4.78, 5) is 31.3. The number of nitrogens with one attached hydrogen (secondary N) is 1.